The molecule has 114 valence electrons. The third kappa shape index (κ3) is 4.28. The lowest BCUT2D eigenvalue weighted by Crippen LogP contribution is -2.12. The molecule has 21 heavy (non-hydrogen) atoms. The second-order valence-electron chi connectivity index (χ2n) is 4.53. The zero-order valence-corrected chi connectivity index (χ0v) is 11.8. The highest BCUT2D eigenvalue weighted by molar-refractivity contribution is 7.90. The van der Waals surface area contributed by atoms with E-state index < -0.39 is 22.4 Å². The summed E-state index contributed by atoms with van der Waals surface area (Å²) in [4.78, 5) is 0.116. The van der Waals surface area contributed by atoms with Gasteiger partial charge in [0.2, 0.25) is 0 Å². The Morgan fingerprint density at radius 1 is 1.29 bits per heavy atom. The van der Waals surface area contributed by atoms with Crippen LogP contribution in [-0.2, 0) is 16.4 Å². The minimum Gasteiger partial charge on any atom is -0.252 e. The predicted molar refractivity (Wildman–Crippen MR) is 69.2 cm³/mol. The molecule has 1 heterocycles. The number of nitrogens with zero attached hydrogens (tertiary/aromatic N) is 3. The molecule has 1 aromatic heterocycles. The van der Waals surface area contributed by atoms with Crippen LogP contribution in [0, 0.1) is 0 Å². The van der Waals surface area contributed by atoms with Gasteiger partial charge < -0.3 is 0 Å². The molecule has 9 heteroatoms. The summed E-state index contributed by atoms with van der Waals surface area (Å²) in [6.07, 6.45) is -2.83. The van der Waals surface area contributed by atoms with Crippen molar-refractivity contribution in [3.8, 4) is 11.3 Å². The first-order valence-corrected chi connectivity index (χ1v) is 7.82. The van der Waals surface area contributed by atoms with E-state index in [1.54, 1.807) is 12.1 Å². The SMILES string of the molecule is CS(=O)(=O)c1cccc(-c2cn(CCC(F)(F)F)nn2)c1. The first kappa shape index (κ1) is 15.5. The Bertz CT molecular complexity index is 738. The van der Waals surface area contributed by atoms with Crippen LogP contribution in [0.5, 0.6) is 0 Å². The van der Waals surface area contributed by atoms with Crippen molar-refractivity contribution in [1.29, 1.82) is 0 Å². The average molecular weight is 319 g/mol. The van der Waals surface area contributed by atoms with E-state index in [2.05, 4.69) is 10.3 Å². The molecule has 0 amide bonds. The summed E-state index contributed by atoms with van der Waals surface area (Å²) in [5.41, 5.74) is 0.804. The predicted octanol–water partition coefficient (Wildman–Crippen LogP) is 2.30. The largest absolute Gasteiger partial charge is 0.390 e. The Morgan fingerprint density at radius 3 is 2.62 bits per heavy atom. The Hall–Kier alpha value is -1.90. The van der Waals surface area contributed by atoms with Gasteiger partial charge in [-0.05, 0) is 12.1 Å². The monoisotopic (exact) mass is 319 g/mol. The van der Waals surface area contributed by atoms with Gasteiger partial charge in [-0.15, -0.1) is 5.10 Å². The summed E-state index contributed by atoms with van der Waals surface area (Å²) in [5, 5.41) is 7.37. The molecule has 2 rings (SSSR count). The van der Waals surface area contributed by atoms with E-state index >= 15 is 0 Å². The van der Waals surface area contributed by atoms with Crippen LogP contribution in [0.2, 0.25) is 0 Å². The molecule has 0 radical (unpaired) electrons. The molecule has 0 bridgehead atoms. The highest BCUT2D eigenvalue weighted by Gasteiger charge is 2.26. The number of benzene rings is 1. The molecular formula is C12H12F3N3O2S. The molecule has 0 atom stereocenters. The maximum absolute atomic E-state index is 12.1. The van der Waals surface area contributed by atoms with Crippen molar-refractivity contribution in [2.75, 3.05) is 6.26 Å². The molecule has 0 saturated carbocycles. The lowest BCUT2D eigenvalue weighted by atomic mass is 10.2. The van der Waals surface area contributed by atoms with Crippen molar-refractivity contribution in [2.24, 2.45) is 0 Å². The van der Waals surface area contributed by atoms with Crippen LogP contribution in [0.1, 0.15) is 6.42 Å². The Morgan fingerprint density at radius 2 is 2.00 bits per heavy atom. The van der Waals surface area contributed by atoms with Gasteiger partial charge in [0.15, 0.2) is 9.84 Å². The number of sulfone groups is 1. The minimum atomic E-state index is -4.26. The summed E-state index contributed by atoms with van der Waals surface area (Å²) >= 11 is 0. The van der Waals surface area contributed by atoms with Gasteiger partial charge in [-0.25, -0.2) is 8.42 Å². The van der Waals surface area contributed by atoms with Crippen molar-refractivity contribution in [2.45, 2.75) is 24.0 Å². The van der Waals surface area contributed by atoms with Crippen LogP contribution in [0.25, 0.3) is 11.3 Å². The van der Waals surface area contributed by atoms with Gasteiger partial charge >= 0.3 is 6.18 Å². The molecule has 0 fully saturated rings. The van der Waals surface area contributed by atoms with Gasteiger partial charge in [-0.2, -0.15) is 13.2 Å². The van der Waals surface area contributed by atoms with Crippen LogP contribution in [0.4, 0.5) is 13.2 Å². The lowest BCUT2D eigenvalue weighted by molar-refractivity contribution is -0.137. The number of alkyl halides is 3. The summed E-state index contributed by atoms with van der Waals surface area (Å²) in [6.45, 7) is -0.331. The van der Waals surface area contributed by atoms with Gasteiger partial charge in [-0.1, -0.05) is 17.3 Å². The molecule has 2 aromatic rings. The normalized spacial score (nSPS) is 12.6. The molecule has 0 N–H and O–H groups in total. The quantitative estimate of drug-likeness (QED) is 0.867. The maximum atomic E-state index is 12.1. The average Bonchev–Trinajstić information content (AvgIpc) is 2.83. The van der Waals surface area contributed by atoms with E-state index in [9.17, 15) is 21.6 Å². The van der Waals surface area contributed by atoms with Gasteiger partial charge in [0.25, 0.3) is 0 Å². The fourth-order valence-electron chi connectivity index (χ4n) is 1.67. The molecule has 0 saturated heterocycles. The Balaban J connectivity index is 2.22. The Labute approximate surface area is 119 Å². The second-order valence-corrected chi connectivity index (χ2v) is 6.55. The topological polar surface area (TPSA) is 64.8 Å². The van der Waals surface area contributed by atoms with Crippen molar-refractivity contribution < 1.29 is 21.6 Å². The zero-order chi connectivity index (χ0) is 15.7. The van der Waals surface area contributed by atoms with Crippen LogP contribution in [0.15, 0.2) is 35.4 Å². The molecule has 0 aliphatic heterocycles. The van der Waals surface area contributed by atoms with Crippen LogP contribution in [-0.4, -0.2) is 35.8 Å². The first-order valence-electron chi connectivity index (χ1n) is 5.92. The third-order valence-electron chi connectivity index (χ3n) is 2.72. The van der Waals surface area contributed by atoms with Crippen molar-refractivity contribution in [3.63, 3.8) is 0 Å². The summed E-state index contributed by atoms with van der Waals surface area (Å²) in [5.74, 6) is 0. The Kier molecular flexibility index (Phi) is 4.04. The molecule has 1 aromatic carbocycles. The van der Waals surface area contributed by atoms with E-state index in [4.69, 9.17) is 0 Å². The summed E-state index contributed by atoms with van der Waals surface area (Å²) in [6, 6.07) is 6.01. The number of halogens is 3. The van der Waals surface area contributed by atoms with Crippen LogP contribution >= 0.6 is 0 Å². The molecular weight excluding hydrogens is 307 g/mol. The van der Waals surface area contributed by atoms with Crippen molar-refractivity contribution in [1.82, 2.24) is 15.0 Å². The standard InChI is InChI=1S/C12H12F3N3O2S/c1-21(19,20)10-4-2-3-9(7-10)11-8-18(17-16-11)6-5-12(13,14)15/h2-4,7-8H,5-6H2,1H3. The maximum Gasteiger partial charge on any atom is 0.390 e. The minimum absolute atomic E-state index is 0.116. The summed E-state index contributed by atoms with van der Waals surface area (Å²) in [7, 11) is -3.36. The number of rotatable bonds is 4. The fraction of sp³-hybridized carbons (Fsp3) is 0.333. The van der Waals surface area contributed by atoms with Gasteiger partial charge in [-0.3, -0.25) is 4.68 Å². The van der Waals surface area contributed by atoms with Gasteiger partial charge in [0.1, 0.15) is 5.69 Å². The molecule has 0 unspecified atom stereocenters. The lowest BCUT2D eigenvalue weighted by Gasteiger charge is -2.04. The van der Waals surface area contributed by atoms with E-state index in [0.29, 0.717) is 11.3 Å². The number of aryl methyl sites for hydroxylation is 1. The number of aromatic nitrogens is 3. The van der Waals surface area contributed by atoms with E-state index in [1.165, 1.54) is 18.3 Å². The number of hydrogen-bond donors (Lipinski definition) is 0. The number of hydrogen-bond acceptors (Lipinski definition) is 4. The fourth-order valence-corrected chi connectivity index (χ4v) is 2.33. The van der Waals surface area contributed by atoms with E-state index in [-0.39, 0.29) is 11.4 Å². The smallest absolute Gasteiger partial charge is 0.252 e. The van der Waals surface area contributed by atoms with Crippen molar-refractivity contribution >= 4 is 9.84 Å². The first-order chi connectivity index (χ1) is 9.65. The van der Waals surface area contributed by atoms with Gasteiger partial charge in [0.05, 0.1) is 24.1 Å². The zero-order valence-electron chi connectivity index (χ0n) is 11.0. The molecule has 5 nitrogen and oxygen atoms in total. The van der Waals surface area contributed by atoms with E-state index in [0.717, 1.165) is 10.9 Å². The second kappa shape index (κ2) is 5.47. The highest BCUT2D eigenvalue weighted by atomic mass is 32.2. The summed E-state index contributed by atoms with van der Waals surface area (Å²) < 4.78 is 60.4. The highest BCUT2D eigenvalue weighted by Crippen LogP contribution is 2.22. The van der Waals surface area contributed by atoms with E-state index in [1.807, 2.05) is 0 Å². The van der Waals surface area contributed by atoms with Crippen LogP contribution < -0.4 is 0 Å². The molecule has 0 aliphatic carbocycles. The third-order valence-corrected chi connectivity index (χ3v) is 3.83. The van der Waals surface area contributed by atoms with Crippen LogP contribution in [0.3, 0.4) is 0 Å². The van der Waals surface area contributed by atoms with Crippen molar-refractivity contribution in [3.05, 3.63) is 30.5 Å². The molecule has 0 aliphatic rings. The van der Waals surface area contributed by atoms with Gasteiger partial charge in [0, 0.05) is 11.8 Å². The molecule has 0 spiro atoms.